The Hall–Kier alpha value is -1.24. The fourth-order valence-corrected chi connectivity index (χ4v) is 3.67. The normalized spacial score (nSPS) is 21.3. The highest BCUT2D eigenvalue weighted by Gasteiger charge is 2.29. The van der Waals surface area contributed by atoms with Crippen LogP contribution in [0.3, 0.4) is 0 Å². The number of hydrogen-bond acceptors (Lipinski definition) is 4. The van der Waals surface area contributed by atoms with E-state index in [1.54, 1.807) is 0 Å². The minimum Gasteiger partial charge on any atom is -0.392 e. The highest BCUT2D eigenvalue weighted by atomic mass is 32.2. The SMILES string of the molecule is CC(=O)c1ccc(S(=O)(=O)N2CCC[C@H](O)C2)cc1. The fourth-order valence-electron chi connectivity index (χ4n) is 2.15. The summed E-state index contributed by atoms with van der Waals surface area (Å²) in [6.45, 7) is 2.00. The molecule has 0 aromatic heterocycles. The number of aliphatic hydroxyl groups excluding tert-OH is 1. The maximum atomic E-state index is 12.3. The third kappa shape index (κ3) is 3.02. The number of sulfonamides is 1. The fraction of sp³-hybridized carbons (Fsp3) is 0.462. The number of rotatable bonds is 3. The molecule has 104 valence electrons. The van der Waals surface area contributed by atoms with E-state index in [4.69, 9.17) is 0 Å². The molecule has 1 fully saturated rings. The van der Waals surface area contributed by atoms with Gasteiger partial charge in [0.2, 0.25) is 10.0 Å². The van der Waals surface area contributed by atoms with E-state index in [9.17, 15) is 18.3 Å². The molecule has 0 amide bonds. The summed E-state index contributed by atoms with van der Waals surface area (Å²) in [4.78, 5) is 11.3. The molecule has 0 aliphatic carbocycles. The van der Waals surface area contributed by atoms with E-state index in [1.807, 2.05) is 0 Å². The van der Waals surface area contributed by atoms with Crippen molar-refractivity contribution in [3.8, 4) is 0 Å². The van der Waals surface area contributed by atoms with Crippen molar-refractivity contribution in [1.29, 1.82) is 0 Å². The third-order valence-corrected chi connectivity index (χ3v) is 5.14. The Kier molecular flexibility index (Phi) is 4.03. The Balaban J connectivity index is 2.26. The number of carbonyl (C=O) groups is 1. The quantitative estimate of drug-likeness (QED) is 0.841. The summed E-state index contributed by atoms with van der Waals surface area (Å²) in [6, 6.07) is 5.89. The van der Waals surface area contributed by atoms with E-state index in [0.717, 1.165) is 0 Å². The van der Waals surface area contributed by atoms with Gasteiger partial charge in [-0.3, -0.25) is 4.79 Å². The minimum atomic E-state index is -3.58. The zero-order valence-electron chi connectivity index (χ0n) is 10.7. The smallest absolute Gasteiger partial charge is 0.243 e. The van der Waals surface area contributed by atoms with Crippen molar-refractivity contribution in [1.82, 2.24) is 4.31 Å². The van der Waals surface area contributed by atoms with Crippen molar-refractivity contribution < 1.29 is 18.3 Å². The molecule has 1 aromatic carbocycles. The van der Waals surface area contributed by atoms with Gasteiger partial charge in [-0.25, -0.2) is 8.42 Å². The second-order valence-corrected chi connectivity index (χ2v) is 6.68. The summed E-state index contributed by atoms with van der Waals surface area (Å²) in [7, 11) is -3.58. The molecular formula is C13H17NO4S. The van der Waals surface area contributed by atoms with Crippen LogP contribution in [0, 0.1) is 0 Å². The van der Waals surface area contributed by atoms with Crippen molar-refractivity contribution in [2.75, 3.05) is 13.1 Å². The van der Waals surface area contributed by atoms with Gasteiger partial charge in [-0.05, 0) is 31.9 Å². The lowest BCUT2D eigenvalue weighted by atomic mass is 10.1. The Morgan fingerprint density at radius 1 is 1.32 bits per heavy atom. The highest BCUT2D eigenvalue weighted by molar-refractivity contribution is 7.89. The van der Waals surface area contributed by atoms with Gasteiger partial charge in [0.1, 0.15) is 0 Å². The van der Waals surface area contributed by atoms with Crippen LogP contribution >= 0.6 is 0 Å². The van der Waals surface area contributed by atoms with Gasteiger partial charge in [0.25, 0.3) is 0 Å². The topological polar surface area (TPSA) is 74.7 Å². The van der Waals surface area contributed by atoms with E-state index in [2.05, 4.69) is 0 Å². The molecule has 1 heterocycles. The number of aliphatic hydroxyl groups is 1. The first-order valence-corrected chi connectivity index (χ1v) is 7.64. The van der Waals surface area contributed by atoms with Crippen LogP contribution in [-0.4, -0.2) is 42.8 Å². The molecule has 0 saturated carbocycles. The number of benzene rings is 1. The largest absolute Gasteiger partial charge is 0.392 e. The zero-order valence-corrected chi connectivity index (χ0v) is 11.6. The Morgan fingerprint density at radius 2 is 1.95 bits per heavy atom. The van der Waals surface area contributed by atoms with E-state index in [1.165, 1.54) is 35.5 Å². The van der Waals surface area contributed by atoms with Gasteiger partial charge < -0.3 is 5.11 Å². The van der Waals surface area contributed by atoms with E-state index < -0.39 is 16.1 Å². The molecule has 0 unspecified atom stereocenters. The number of carbonyl (C=O) groups excluding carboxylic acids is 1. The number of β-amino-alcohol motifs (C(OH)–C–C–N with tert-alkyl or cyclic N) is 1. The first-order chi connectivity index (χ1) is 8.91. The summed E-state index contributed by atoms with van der Waals surface area (Å²) in [5, 5.41) is 9.56. The molecule has 0 spiro atoms. The van der Waals surface area contributed by atoms with Gasteiger partial charge in [-0.15, -0.1) is 0 Å². The Labute approximate surface area is 112 Å². The molecule has 1 aliphatic heterocycles. The molecule has 6 heteroatoms. The maximum absolute atomic E-state index is 12.3. The van der Waals surface area contributed by atoms with Gasteiger partial charge in [0.05, 0.1) is 11.0 Å². The second-order valence-electron chi connectivity index (χ2n) is 4.74. The third-order valence-electron chi connectivity index (χ3n) is 3.26. The number of nitrogens with zero attached hydrogens (tertiary/aromatic N) is 1. The van der Waals surface area contributed by atoms with Crippen LogP contribution in [0.25, 0.3) is 0 Å². The average Bonchev–Trinajstić information content (AvgIpc) is 2.39. The Bertz CT molecular complexity index is 565. The number of Topliss-reactive ketones (excluding diaryl/α,β-unsaturated/α-hetero) is 1. The van der Waals surface area contributed by atoms with E-state index in [0.29, 0.717) is 24.9 Å². The van der Waals surface area contributed by atoms with Gasteiger partial charge in [0.15, 0.2) is 5.78 Å². The highest BCUT2D eigenvalue weighted by Crippen LogP contribution is 2.21. The van der Waals surface area contributed by atoms with Gasteiger partial charge >= 0.3 is 0 Å². The van der Waals surface area contributed by atoms with Gasteiger partial charge in [-0.1, -0.05) is 12.1 Å². The molecule has 0 bridgehead atoms. The first-order valence-electron chi connectivity index (χ1n) is 6.20. The van der Waals surface area contributed by atoms with Crippen molar-refractivity contribution in [3.63, 3.8) is 0 Å². The van der Waals surface area contributed by atoms with Crippen LogP contribution in [0.1, 0.15) is 30.1 Å². The Morgan fingerprint density at radius 3 is 2.47 bits per heavy atom. The molecule has 1 aliphatic rings. The number of ketones is 1. The minimum absolute atomic E-state index is 0.0997. The summed E-state index contributed by atoms with van der Waals surface area (Å²) in [5.41, 5.74) is 0.484. The molecule has 5 nitrogen and oxygen atoms in total. The van der Waals surface area contributed by atoms with Crippen LogP contribution in [0.5, 0.6) is 0 Å². The molecule has 1 aromatic rings. The second kappa shape index (κ2) is 5.40. The monoisotopic (exact) mass is 283 g/mol. The van der Waals surface area contributed by atoms with E-state index in [-0.39, 0.29) is 17.2 Å². The van der Waals surface area contributed by atoms with Gasteiger partial charge in [0, 0.05) is 18.7 Å². The summed E-state index contributed by atoms with van der Waals surface area (Å²) >= 11 is 0. The van der Waals surface area contributed by atoms with Crippen LogP contribution in [-0.2, 0) is 10.0 Å². The van der Waals surface area contributed by atoms with Crippen LogP contribution in [0.4, 0.5) is 0 Å². The predicted octanol–water partition coefficient (Wildman–Crippen LogP) is 1.03. The molecule has 1 atom stereocenters. The van der Waals surface area contributed by atoms with Crippen molar-refractivity contribution in [2.24, 2.45) is 0 Å². The molecule has 2 rings (SSSR count). The molecule has 1 saturated heterocycles. The predicted molar refractivity (Wildman–Crippen MR) is 70.4 cm³/mol. The summed E-state index contributed by atoms with van der Waals surface area (Å²) < 4.78 is 26.0. The van der Waals surface area contributed by atoms with Crippen LogP contribution < -0.4 is 0 Å². The lowest BCUT2D eigenvalue weighted by Crippen LogP contribution is -2.42. The summed E-state index contributed by atoms with van der Waals surface area (Å²) in [5.74, 6) is -0.0997. The van der Waals surface area contributed by atoms with Gasteiger partial charge in [-0.2, -0.15) is 4.31 Å². The van der Waals surface area contributed by atoms with Crippen molar-refractivity contribution >= 4 is 15.8 Å². The maximum Gasteiger partial charge on any atom is 0.243 e. The average molecular weight is 283 g/mol. The first kappa shape index (κ1) is 14.2. The number of piperidine rings is 1. The molecule has 1 N–H and O–H groups in total. The number of hydrogen-bond donors (Lipinski definition) is 1. The van der Waals surface area contributed by atoms with Crippen LogP contribution in [0.2, 0.25) is 0 Å². The van der Waals surface area contributed by atoms with Crippen molar-refractivity contribution in [2.45, 2.75) is 30.8 Å². The molecule has 0 radical (unpaired) electrons. The molecular weight excluding hydrogens is 266 g/mol. The lowest BCUT2D eigenvalue weighted by Gasteiger charge is -2.29. The zero-order chi connectivity index (χ0) is 14.0. The van der Waals surface area contributed by atoms with E-state index >= 15 is 0 Å². The summed E-state index contributed by atoms with van der Waals surface area (Å²) in [6.07, 6.45) is 0.696. The standard InChI is InChI=1S/C13H17NO4S/c1-10(15)11-4-6-13(7-5-11)19(17,18)14-8-2-3-12(16)9-14/h4-7,12,16H,2-3,8-9H2,1H3/t12-/m0/s1. The van der Waals surface area contributed by atoms with Crippen LogP contribution in [0.15, 0.2) is 29.2 Å². The molecule has 19 heavy (non-hydrogen) atoms. The van der Waals surface area contributed by atoms with Crippen molar-refractivity contribution in [3.05, 3.63) is 29.8 Å². The lowest BCUT2D eigenvalue weighted by molar-refractivity contribution is 0.101.